The van der Waals surface area contributed by atoms with Crippen LogP contribution >= 0.6 is 0 Å². The molecule has 0 bridgehead atoms. The number of Topliss-reactive ketones (excluding diaryl/α,β-unsaturated/α-hetero) is 1. The fourth-order valence-corrected chi connectivity index (χ4v) is 5.02. The first-order chi connectivity index (χ1) is 11.7. The number of carbonyl (C=O) groups excluding carboxylic acids is 3. The van der Waals surface area contributed by atoms with Gasteiger partial charge in [0.1, 0.15) is 11.9 Å². The first-order valence-corrected chi connectivity index (χ1v) is 9.33. The normalized spacial score (nSPS) is 37.5. The lowest BCUT2D eigenvalue weighted by atomic mass is 9.68. The molecule has 1 aliphatic heterocycles. The van der Waals surface area contributed by atoms with Crippen molar-refractivity contribution in [2.24, 2.45) is 29.1 Å². The molecule has 1 heterocycles. The number of esters is 2. The van der Waals surface area contributed by atoms with Gasteiger partial charge in [-0.25, -0.2) is 4.79 Å². The van der Waals surface area contributed by atoms with Gasteiger partial charge in [0.2, 0.25) is 0 Å². The standard InChI is InChI=1S/C20H28O5/c1-11(2)9-17(22)24-10-13-5-6-14-12(3)19(23)25-18(14)20(4)15(13)7-8-16(20)21/h11,13-15,18H,3,5-10H2,1-2,4H3/t13-,14+,15+,18-,20+/m1/s1. The van der Waals surface area contributed by atoms with Crippen LogP contribution in [0, 0.1) is 29.1 Å². The SMILES string of the molecule is C=C1C(=O)O[C@@H]2[C@H]1CC[C@H](COC(=O)CC(C)C)[C@@H]1CCC(=O)[C@@]21C. The van der Waals surface area contributed by atoms with E-state index in [0.717, 1.165) is 19.3 Å². The molecule has 5 atom stereocenters. The van der Waals surface area contributed by atoms with Gasteiger partial charge in [0.15, 0.2) is 0 Å². The minimum atomic E-state index is -0.689. The molecular weight excluding hydrogens is 320 g/mol. The van der Waals surface area contributed by atoms with Gasteiger partial charge in [-0.3, -0.25) is 9.59 Å². The lowest BCUT2D eigenvalue weighted by Crippen LogP contribution is -2.45. The van der Waals surface area contributed by atoms with E-state index in [1.807, 2.05) is 20.8 Å². The van der Waals surface area contributed by atoms with Gasteiger partial charge >= 0.3 is 11.9 Å². The van der Waals surface area contributed by atoms with Gasteiger partial charge in [-0.1, -0.05) is 20.4 Å². The molecular formula is C20H28O5. The highest BCUT2D eigenvalue weighted by Gasteiger charge is 2.61. The highest BCUT2D eigenvalue weighted by molar-refractivity contribution is 5.94. The van der Waals surface area contributed by atoms with Gasteiger partial charge in [0, 0.05) is 24.3 Å². The van der Waals surface area contributed by atoms with Crippen molar-refractivity contribution in [2.75, 3.05) is 6.61 Å². The van der Waals surface area contributed by atoms with Crippen LogP contribution in [0.25, 0.3) is 0 Å². The molecule has 0 aromatic rings. The Balaban J connectivity index is 1.80. The molecule has 25 heavy (non-hydrogen) atoms. The van der Waals surface area contributed by atoms with Crippen LogP contribution in [0.15, 0.2) is 12.2 Å². The number of fused-ring (bicyclic) bond motifs is 3. The Morgan fingerprint density at radius 1 is 1.32 bits per heavy atom. The van der Waals surface area contributed by atoms with E-state index in [1.165, 1.54) is 0 Å². The first kappa shape index (κ1) is 18.2. The lowest BCUT2D eigenvalue weighted by Gasteiger charge is -2.37. The summed E-state index contributed by atoms with van der Waals surface area (Å²) in [6.07, 6.45) is 2.84. The van der Waals surface area contributed by atoms with E-state index in [9.17, 15) is 14.4 Å². The Hall–Kier alpha value is -1.65. The van der Waals surface area contributed by atoms with Gasteiger partial charge in [-0.05, 0) is 43.9 Å². The molecule has 5 heteroatoms. The Morgan fingerprint density at radius 2 is 2.04 bits per heavy atom. The van der Waals surface area contributed by atoms with E-state index in [4.69, 9.17) is 9.47 Å². The van der Waals surface area contributed by atoms with E-state index in [0.29, 0.717) is 25.0 Å². The van der Waals surface area contributed by atoms with Crippen LogP contribution in [0.1, 0.15) is 52.9 Å². The van der Waals surface area contributed by atoms with E-state index in [-0.39, 0.29) is 41.4 Å². The molecule has 0 spiro atoms. The Labute approximate surface area is 149 Å². The van der Waals surface area contributed by atoms with Crippen molar-refractivity contribution in [1.29, 1.82) is 0 Å². The predicted molar refractivity (Wildman–Crippen MR) is 91.5 cm³/mol. The summed E-state index contributed by atoms with van der Waals surface area (Å²) in [6, 6.07) is 0. The van der Waals surface area contributed by atoms with E-state index in [1.54, 1.807) is 0 Å². The van der Waals surface area contributed by atoms with Gasteiger partial charge in [0.05, 0.1) is 12.0 Å². The largest absolute Gasteiger partial charge is 0.465 e. The summed E-state index contributed by atoms with van der Waals surface area (Å²) < 4.78 is 11.1. The number of rotatable bonds is 4. The third kappa shape index (κ3) is 3.02. The minimum Gasteiger partial charge on any atom is -0.465 e. The van der Waals surface area contributed by atoms with Crippen molar-refractivity contribution in [3.05, 3.63) is 12.2 Å². The summed E-state index contributed by atoms with van der Waals surface area (Å²) in [5.41, 5.74) is -0.201. The maximum absolute atomic E-state index is 12.7. The molecule has 3 aliphatic rings. The maximum atomic E-state index is 12.7. The highest BCUT2D eigenvalue weighted by atomic mass is 16.6. The molecule has 1 saturated heterocycles. The van der Waals surface area contributed by atoms with Crippen LogP contribution in [-0.2, 0) is 23.9 Å². The average Bonchev–Trinajstić information content (AvgIpc) is 2.95. The van der Waals surface area contributed by atoms with Crippen molar-refractivity contribution in [2.45, 2.75) is 59.0 Å². The van der Waals surface area contributed by atoms with Crippen molar-refractivity contribution in [3.63, 3.8) is 0 Å². The summed E-state index contributed by atoms with van der Waals surface area (Å²) in [4.78, 5) is 36.7. The van der Waals surface area contributed by atoms with Crippen molar-refractivity contribution in [1.82, 2.24) is 0 Å². The number of hydrogen-bond donors (Lipinski definition) is 0. The molecule has 5 nitrogen and oxygen atoms in total. The molecule has 138 valence electrons. The maximum Gasteiger partial charge on any atom is 0.334 e. The van der Waals surface area contributed by atoms with Crippen LogP contribution in [0.5, 0.6) is 0 Å². The summed E-state index contributed by atoms with van der Waals surface area (Å²) in [5.74, 6) is -0.00104. The van der Waals surface area contributed by atoms with Gasteiger partial charge in [0.25, 0.3) is 0 Å². The second kappa shape index (κ2) is 6.58. The molecule has 0 radical (unpaired) electrons. The van der Waals surface area contributed by atoms with Crippen molar-refractivity contribution < 1.29 is 23.9 Å². The van der Waals surface area contributed by atoms with Crippen LogP contribution in [-0.4, -0.2) is 30.4 Å². The minimum absolute atomic E-state index is 0.0838. The molecule has 0 N–H and O–H groups in total. The molecule has 3 fully saturated rings. The fourth-order valence-electron chi connectivity index (χ4n) is 5.02. The first-order valence-electron chi connectivity index (χ1n) is 9.33. The van der Waals surface area contributed by atoms with E-state index >= 15 is 0 Å². The smallest absolute Gasteiger partial charge is 0.334 e. The summed E-state index contributed by atoms with van der Waals surface area (Å²) in [7, 11) is 0. The third-order valence-electron chi connectivity index (χ3n) is 6.40. The van der Waals surface area contributed by atoms with Crippen molar-refractivity contribution in [3.8, 4) is 0 Å². The monoisotopic (exact) mass is 348 g/mol. The van der Waals surface area contributed by atoms with Crippen molar-refractivity contribution >= 4 is 17.7 Å². The Kier molecular flexibility index (Phi) is 4.78. The van der Waals surface area contributed by atoms with Gasteiger partial charge in [-0.15, -0.1) is 0 Å². The van der Waals surface area contributed by atoms with Crippen LogP contribution < -0.4 is 0 Å². The number of ketones is 1. The van der Waals surface area contributed by atoms with Crippen LogP contribution in [0.3, 0.4) is 0 Å². The van der Waals surface area contributed by atoms with E-state index in [2.05, 4.69) is 6.58 Å². The highest BCUT2D eigenvalue weighted by Crippen LogP contribution is 2.56. The quantitative estimate of drug-likeness (QED) is 0.577. The molecule has 0 unspecified atom stereocenters. The van der Waals surface area contributed by atoms with Crippen LogP contribution in [0.4, 0.5) is 0 Å². The Morgan fingerprint density at radius 3 is 2.72 bits per heavy atom. The fraction of sp³-hybridized carbons (Fsp3) is 0.750. The molecule has 3 rings (SSSR count). The number of hydrogen-bond acceptors (Lipinski definition) is 5. The lowest BCUT2D eigenvalue weighted by molar-refractivity contribution is -0.152. The summed E-state index contributed by atoms with van der Waals surface area (Å²) >= 11 is 0. The molecule has 0 aromatic heterocycles. The third-order valence-corrected chi connectivity index (χ3v) is 6.40. The molecule has 2 saturated carbocycles. The number of ether oxygens (including phenoxy) is 2. The molecule has 2 aliphatic carbocycles. The second-order valence-electron chi connectivity index (χ2n) is 8.43. The van der Waals surface area contributed by atoms with E-state index < -0.39 is 11.5 Å². The summed E-state index contributed by atoms with van der Waals surface area (Å²) in [6.45, 7) is 10.1. The topological polar surface area (TPSA) is 69.7 Å². The number of carbonyl (C=O) groups is 3. The summed E-state index contributed by atoms with van der Waals surface area (Å²) in [5, 5.41) is 0. The zero-order chi connectivity index (χ0) is 18.4. The van der Waals surface area contributed by atoms with Gasteiger partial charge < -0.3 is 9.47 Å². The molecule has 0 amide bonds. The van der Waals surface area contributed by atoms with Gasteiger partial charge in [-0.2, -0.15) is 0 Å². The van der Waals surface area contributed by atoms with Crippen LogP contribution in [0.2, 0.25) is 0 Å². The predicted octanol–water partition coefficient (Wildman–Crippen LogP) is 3.07. The zero-order valence-corrected chi connectivity index (χ0v) is 15.4. The average molecular weight is 348 g/mol. The molecule has 0 aromatic carbocycles. The second-order valence-corrected chi connectivity index (χ2v) is 8.43. The zero-order valence-electron chi connectivity index (χ0n) is 15.4. The Bertz CT molecular complexity index is 607.